The summed E-state index contributed by atoms with van der Waals surface area (Å²) in [6, 6.07) is 16.6. The van der Waals surface area contributed by atoms with Crippen LogP contribution in [0.15, 0.2) is 48.5 Å². The van der Waals surface area contributed by atoms with E-state index in [0.717, 1.165) is 44.5 Å². The van der Waals surface area contributed by atoms with Crippen LogP contribution in [-0.2, 0) is 24.3 Å². The van der Waals surface area contributed by atoms with Crippen LogP contribution in [0.4, 0.5) is 0 Å². The normalized spacial score (nSPS) is 23.2. The molecule has 4 heteroatoms. The first-order valence-electron chi connectivity index (χ1n) is 9.44. The van der Waals surface area contributed by atoms with Gasteiger partial charge in [0.2, 0.25) is 5.91 Å². The number of carbonyl (C=O) groups is 1. The predicted octanol–water partition coefficient (Wildman–Crippen LogP) is 3.29. The zero-order chi connectivity index (χ0) is 18.0. The average Bonchev–Trinajstić information content (AvgIpc) is 2.81. The number of hydrogen-bond donors (Lipinski definition) is 1. The van der Waals surface area contributed by atoms with E-state index in [-0.39, 0.29) is 5.91 Å². The smallest absolute Gasteiger partial charge is 0.241 e. The highest BCUT2D eigenvalue weighted by Gasteiger charge is 2.46. The number of likely N-dealkylation sites (tertiary alicyclic amines) is 1. The summed E-state index contributed by atoms with van der Waals surface area (Å²) < 4.78 is 5.37. The van der Waals surface area contributed by atoms with E-state index in [0.29, 0.717) is 6.54 Å². The lowest BCUT2D eigenvalue weighted by atomic mass is 9.80. The standard InChI is InChI=1S/C22H26N2O2/c1-26-20-10-6-7-17(13-20)16-24-12-5-4-11-22(24)14-18-8-2-3-9-19(18)15-23-21(22)25/h2-3,6-10,13H,4-5,11-12,14-16H2,1H3,(H,23,25). The number of fused-ring (bicyclic) bond motifs is 1. The van der Waals surface area contributed by atoms with Gasteiger partial charge < -0.3 is 10.1 Å². The van der Waals surface area contributed by atoms with Crippen LogP contribution < -0.4 is 10.1 Å². The summed E-state index contributed by atoms with van der Waals surface area (Å²) in [4.78, 5) is 15.6. The number of methoxy groups -OCH3 is 1. The molecule has 1 fully saturated rings. The summed E-state index contributed by atoms with van der Waals surface area (Å²) in [5.74, 6) is 1.04. The fourth-order valence-electron chi connectivity index (χ4n) is 4.41. The molecule has 136 valence electrons. The number of piperidine rings is 1. The van der Waals surface area contributed by atoms with E-state index in [1.165, 1.54) is 16.7 Å². The lowest BCUT2D eigenvalue weighted by molar-refractivity contribution is -0.136. The Balaban J connectivity index is 1.68. The van der Waals surface area contributed by atoms with E-state index >= 15 is 0 Å². The van der Waals surface area contributed by atoms with E-state index in [4.69, 9.17) is 4.74 Å². The van der Waals surface area contributed by atoms with Crippen LogP contribution >= 0.6 is 0 Å². The maximum atomic E-state index is 13.2. The van der Waals surface area contributed by atoms with Gasteiger partial charge in [-0.25, -0.2) is 0 Å². The Morgan fingerprint density at radius 3 is 2.81 bits per heavy atom. The van der Waals surface area contributed by atoms with Gasteiger partial charge in [0.1, 0.15) is 11.3 Å². The molecule has 1 amide bonds. The van der Waals surface area contributed by atoms with E-state index in [2.05, 4.69) is 46.6 Å². The second kappa shape index (κ2) is 7.12. The van der Waals surface area contributed by atoms with E-state index in [9.17, 15) is 4.79 Å². The number of nitrogens with one attached hydrogen (secondary N) is 1. The van der Waals surface area contributed by atoms with Crippen molar-refractivity contribution in [2.24, 2.45) is 0 Å². The van der Waals surface area contributed by atoms with Crippen molar-refractivity contribution in [2.45, 2.75) is 44.3 Å². The molecule has 1 unspecified atom stereocenters. The highest BCUT2D eigenvalue weighted by molar-refractivity contribution is 5.87. The van der Waals surface area contributed by atoms with Gasteiger partial charge in [0, 0.05) is 19.5 Å². The Bertz CT molecular complexity index is 804. The fourth-order valence-corrected chi connectivity index (χ4v) is 4.41. The Hall–Kier alpha value is -2.33. The molecule has 26 heavy (non-hydrogen) atoms. The number of ether oxygens (including phenoxy) is 1. The number of benzene rings is 2. The second-order valence-electron chi connectivity index (χ2n) is 7.39. The van der Waals surface area contributed by atoms with Crippen molar-refractivity contribution in [3.8, 4) is 5.75 Å². The van der Waals surface area contributed by atoms with Gasteiger partial charge in [0.25, 0.3) is 0 Å². The van der Waals surface area contributed by atoms with Gasteiger partial charge in [0.05, 0.1) is 7.11 Å². The molecule has 0 saturated carbocycles. The van der Waals surface area contributed by atoms with Crippen molar-refractivity contribution in [3.05, 3.63) is 65.2 Å². The molecule has 0 radical (unpaired) electrons. The minimum Gasteiger partial charge on any atom is -0.497 e. The summed E-state index contributed by atoms with van der Waals surface area (Å²) in [7, 11) is 1.69. The zero-order valence-corrected chi connectivity index (χ0v) is 15.3. The van der Waals surface area contributed by atoms with Gasteiger partial charge in [-0.05, 0) is 54.6 Å². The number of nitrogens with zero attached hydrogens (tertiary/aromatic N) is 1. The first-order chi connectivity index (χ1) is 12.7. The summed E-state index contributed by atoms with van der Waals surface area (Å²) in [6.07, 6.45) is 3.95. The van der Waals surface area contributed by atoms with Crippen LogP contribution in [0.5, 0.6) is 5.75 Å². The van der Waals surface area contributed by atoms with Crippen LogP contribution in [-0.4, -0.2) is 30.0 Å². The number of hydrogen-bond acceptors (Lipinski definition) is 3. The summed E-state index contributed by atoms with van der Waals surface area (Å²) in [6.45, 7) is 2.35. The summed E-state index contributed by atoms with van der Waals surface area (Å²) in [5, 5.41) is 3.19. The monoisotopic (exact) mass is 350 g/mol. The number of rotatable bonds is 3. The Morgan fingerprint density at radius 2 is 1.96 bits per heavy atom. The van der Waals surface area contributed by atoms with Crippen LogP contribution in [0.1, 0.15) is 36.0 Å². The molecule has 4 nitrogen and oxygen atoms in total. The topological polar surface area (TPSA) is 41.6 Å². The molecule has 0 aliphatic carbocycles. The van der Waals surface area contributed by atoms with Crippen molar-refractivity contribution >= 4 is 5.91 Å². The maximum Gasteiger partial charge on any atom is 0.241 e. The first-order valence-corrected chi connectivity index (χ1v) is 9.44. The second-order valence-corrected chi connectivity index (χ2v) is 7.39. The van der Waals surface area contributed by atoms with Gasteiger partial charge in [-0.3, -0.25) is 9.69 Å². The van der Waals surface area contributed by atoms with Crippen LogP contribution in [0.2, 0.25) is 0 Å². The third-order valence-corrected chi connectivity index (χ3v) is 5.84. The van der Waals surface area contributed by atoms with Gasteiger partial charge >= 0.3 is 0 Å². The summed E-state index contributed by atoms with van der Waals surface area (Å²) >= 11 is 0. The van der Waals surface area contributed by atoms with Crippen molar-refractivity contribution in [2.75, 3.05) is 13.7 Å². The molecular weight excluding hydrogens is 324 g/mol. The van der Waals surface area contributed by atoms with Crippen molar-refractivity contribution in [3.63, 3.8) is 0 Å². The molecule has 0 bridgehead atoms. The minimum atomic E-state index is -0.450. The maximum absolute atomic E-state index is 13.2. The Morgan fingerprint density at radius 1 is 1.12 bits per heavy atom. The van der Waals surface area contributed by atoms with Crippen molar-refractivity contribution < 1.29 is 9.53 Å². The average molecular weight is 350 g/mol. The number of carbonyl (C=O) groups excluding carboxylic acids is 1. The highest BCUT2D eigenvalue weighted by Crippen LogP contribution is 2.36. The third kappa shape index (κ3) is 3.10. The van der Waals surface area contributed by atoms with E-state index in [1.807, 2.05) is 12.1 Å². The van der Waals surface area contributed by atoms with Crippen LogP contribution in [0.3, 0.4) is 0 Å². The molecule has 1 atom stereocenters. The highest BCUT2D eigenvalue weighted by atomic mass is 16.5. The molecule has 1 N–H and O–H groups in total. The quantitative estimate of drug-likeness (QED) is 0.924. The minimum absolute atomic E-state index is 0.177. The Kier molecular flexibility index (Phi) is 4.68. The van der Waals surface area contributed by atoms with Gasteiger partial charge in [-0.1, -0.05) is 36.4 Å². The molecule has 4 rings (SSSR count). The molecule has 2 aromatic carbocycles. The Labute approximate surface area is 155 Å². The van der Waals surface area contributed by atoms with Crippen molar-refractivity contribution in [1.82, 2.24) is 10.2 Å². The molecule has 1 spiro atoms. The number of amides is 1. The molecule has 2 aromatic rings. The first kappa shape index (κ1) is 17.1. The van der Waals surface area contributed by atoms with Crippen molar-refractivity contribution in [1.29, 1.82) is 0 Å². The lowest BCUT2D eigenvalue weighted by Gasteiger charge is -2.45. The largest absolute Gasteiger partial charge is 0.497 e. The molecular formula is C22H26N2O2. The van der Waals surface area contributed by atoms with E-state index < -0.39 is 5.54 Å². The SMILES string of the molecule is COc1cccc(CN2CCCCC23Cc2ccccc2CNC3=O)c1. The zero-order valence-electron chi connectivity index (χ0n) is 15.3. The molecule has 2 aliphatic heterocycles. The van der Waals surface area contributed by atoms with Gasteiger partial charge in [-0.2, -0.15) is 0 Å². The fraction of sp³-hybridized carbons (Fsp3) is 0.409. The molecule has 1 saturated heterocycles. The van der Waals surface area contributed by atoms with Gasteiger partial charge in [0.15, 0.2) is 0 Å². The van der Waals surface area contributed by atoms with Gasteiger partial charge in [-0.15, -0.1) is 0 Å². The molecule has 2 heterocycles. The molecule has 2 aliphatic rings. The van der Waals surface area contributed by atoms with Crippen LogP contribution in [0.25, 0.3) is 0 Å². The van der Waals surface area contributed by atoms with E-state index in [1.54, 1.807) is 7.11 Å². The predicted molar refractivity (Wildman–Crippen MR) is 102 cm³/mol. The summed E-state index contributed by atoms with van der Waals surface area (Å²) in [5.41, 5.74) is 3.28. The third-order valence-electron chi connectivity index (χ3n) is 5.84. The van der Waals surface area contributed by atoms with Crippen LogP contribution in [0, 0.1) is 0 Å². The lowest BCUT2D eigenvalue weighted by Crippen LogP contribution is -2.60. The molecule has 0 aromatic heterocycles.